The van der Waals surface area contributed by atoms with Crippen LogP contribution in [0.3, 0.4) is 0 Å². The summed E-state index contributed by atoms with van der Waals surface area (Å²) in [5, 5.41) is 9.93. The summed E-state index contributed by atoms with van der Waals surface area (Å²) in [4.78, 5) is 2.66. The molecule has 2 unspecified atom stereocenters. The van der Waals surface area contributed by atoms with E-state index in [1.807, 2.05) is 12.1 Å². The first-order chi connectivity index (χ1) is 8.79. The van der Waals surface area contributed by atoms with Gasteiger partial charge in [0.15, 0.2) is 0 Å². The molecule has 1 N–H and O–H groups in total. The molecule has 0 radical (unpaired) electrons. The zero-order valence-electron chi connectivity index (χ0n) is 11.2. The molecule has 2 heteroatoms. The SMILES string of the molecule is CCC1CCCN(C2CCc3c(O)cccc32)C1. The molecule has 18 heavy (non-hydrogen) atoms. The van der Waals surface area contributed by atoms with E-state index in [4.69, 9.17) is 0 Å². The van der Waals surface area contributed by atoms with E-state index in [0.717, 1.165) is 12.3 Å². The molecule has 3 rings (SSSR count). The lowest BCUT2D eigenvalue weighted by Gasteiger charge is -2.37. The van der Waals surface area contributed by atoms with Gasteiger partial charge >= 0.3 is 0 Å². The van der Waals surface area contributed by atoms with Crippen molar-refractivity contribution in [2.45, 2.75) is 45.1 Å². The van der Waals surface area contributed by atoms with Crippen molar-refractivity contribution in [2.75, 3.05) is 13.1 Å². The van der Waals surface area contributed by atoms with Gasteiger partial charge in [0.05, 0.1) is 0 Å². The average Bonchev–Trinajstić information content (AvgIpc) is 2.84. The van der Waals surface area contributed by atoms with Crippen molar-refractivity contribution < 1.29 is 5.11 Å². The third-order valence-electron chi connectivity index (χ3n) is 4.78. The van der Waals surface area contributed by atoms with Crippen molar-refractivity contribution >= 4 is 0 Å². The van der Waals surface area contributed by atoms with Crippen LogP contribution in [-0.2, 0) is 6.42 Å². The maximum absolute atomic E-state index is 9.93. The van der Waals surface area contributed by atoms with Crippen LogP contribution in [0.4, 0.5) is 0 Å². The molecule has 1 aliphatic carbocycles. The normalized spacial score (nSPS) is 28.3. The Kier molecular flexibility index (Phi) is 3.29. The third kappa shape index (κ3) is 2.03. The van der Waals surface area contributed by atoms with E-state index < -0.39 is 0 Å². The molecule has 0 saturated carbocycles. The minimum Gasteiger partial charge on any atom is -0.508 e. The first-order valence-electron chi connectivity index (χ1n) is 7.34. The van der Waals surface area contributed by atoms with Gasteiger partial charge in [0.2, 0.25) is 0 Å². The molecule has 0 aromatic heterocycles. The smallest absolute Gasteiger partial charge is 0.119 e. The number of phenolic OH excluding ortho intramolecular Hbond substituents is 1. The molecule has 1 heterocycles. The van der Waals surface area contributed by atoms with Gasteiger partial charge in [0, 0.05) is 12.6 Å². The van der Waals surface area contributed by atoms with Crippen molar-refractivity contribution in [2.24, 2.45) is 5.92 Å². The van der Waals surface area contributed by atoms with Crippen LogP contribution in [0.1, 0.15) is 49.8 Å². The maximum Gasteiger partial charge on any atom is 0.119 e. The first-order valence-corrected chi connectivity index (χ1v) is 7.34. The Hall–Kier alpha value is -1.02. The van der Waals surface area contributed by atoms with Crippen LogP contribution in [0.5, 0.6) is 5.75 Å². The molecule has 1 fully saturated rings. The van der Waals surface area contributed by atoms with Gasteiger partial charge in [-0.25, -0.2) is 0 Å². The highest BCUT2D eigenvalue weighted by Crippen LogP contribution is 2.41. The Balaban J connectivity index is 1.81. The highest BCUT2D eigenvalue weighted by atomic mass is 16.3. The van der Waals surface area contributed by atoms with Gasteiger partial charge in [-0.2, -0.15) is 0 Å². The van der Waals surface area contributed by atoms with Gasteiger partial charge in [0.1, 0.15) is 5.75 Å². The van der Waals surface area contributed by atoms with Gasteiger partial charge < -0.3 is 5.11 Å². The van der Waals surface area contributed by atoms with Crippen molar-refractivity contribution in [3.63, 3.8) is 0 Å². The van der Waals surface area contributed by atoms with Gasteiger partial charge in [-0.3, -0.25) is 4.90 Å². The summed E-state index contributed by atoms with van der Waals surface area (Å²) in [5.74, 6) is 1.37. The number of rotatable bonds is 2. The van der Waals surface area contributed by atoms with E-state index in [-0.39, 0.29) is 0 Å². The molecule has 2 atom stereocenters. The summed E-state index contributed by atoms with van der Waals surface area (Å²) in [5.41, 5.74) is 2.58. The fourth-order valence-corrected chi connectivity index (χ4v) is 3.71. The fourth-order valence-electron chi connectivity index (χ4n) is 3.71. The number of aromatic hydroxyl groups is 1. The fraction of sp³-hybridized carbons (Fsp3) is 0.625. The zero-order valence-corrected chi connectivity index (χ0v) is 11.2. The van der Waals surface area contributed by atoms with Crippen LogP contribution in [0.2, 0.25) is 0 Å². The summed E-state index contributed by atoms with van der Waals surface area (Å²) >= 11 is 0. The molecular formula is C16H23NO. The zero-order chi connectivity index (χ0) is 12.5. The highest BCUT2D eigenvalue weighted by Gasteiger charge is 2.31. The van der Waals surface area contributed by atoms with E-state index in [1.165, 1.54) is 49.9 Å². The molecule has 0 bridgehead atoms. The van der Waals surface area contributed by atoms with Gasteiger partial charge in [-0.1, -0.05) is 25.5 Å². The summed E-state index contributed by atoms with van der Waals surface area (Å²) in [6, 6.07) is 6.59. The summed E-state index contributed by atoms with van der Waals surface area (Å²) in [7, 11) is 0. The van der Waals surface area contributed by atoms with Crippen LogP contribution in [0.15, 0.2) is 18.2 Å². The Bertz CT molecular complexity index is 429. The number of likely N-dealkylation sites (tertiary alicyclic amines) is 1. The minimum absolute atomic E-state index is 0.499. The summed E-state index contributed by atoms with van der Waals surface area (Å²) < 4.78 is 0. The number of benzene rings is 1. The van der Waals surface area contributed by atoms with E-state index in [0.29, 0.717) is 11.8 Å². The molecule has 0 amide bonds. The molecule has 2 nitrogen and oxygen atoms in total. The molecule has 98 valence electrons. The largest absolute Gasteiger partial charge is 0.508 e. The van der Waals surface area contributed by atoms with Crippen LogP contribution in [0, 0.1) is 5.92 Å². The number of piperidine rings is 1. The summed E-state index contributed by atoms with van der Waals surface area (Å²) in [6.07, 6.45) is 6.26. The lowest BCUT2D eigenvalue weighted by molar-refractivity contribution is 0.121. The topological polar surface area (TPSA) is 23.5 Å². The third-order valence-corrected chi connectivity index (χ3v) is 4.78. The maximum atomic E-state index is 9.93. The van der Waals surface area contributed by atoms with Crippen LogP contribution >= 0.6 is 0 Å². The number of nitrogens with zero attached hydrogens (tertiary/aromatic N) is 1. The number of hydrogen-bond acceptors (Lipinski definition) is 2. The first kappa shape index (κ1) is 12.0. The van der Waals surface area contributed by atoms with Crippen LogP contribution in [0.25, 0.3) is 0 Å². The van der Waals surface area contributed by atoms with Gasteiger partial charge in [-0.15, -0.1) is 0 Å². The van der Waals surface area contributed by atoms with Gasteiger partial charge in [-0.05, 0) is 55.3 Å². The van der Waals surface area contributed by atoms with E-state index in [1.54, 1.807) is 0 Å². The van der Waals surface area contributed by atoms with Crippen molar-refractivity contribution in [3.05, 3.63) is 29.3 Å². The predicted molar refractivity (Wildman–Crippen MR) is 73.8 cm³/mol. The number of phenols is 1. The molecule has 1 aliphatic heterocycles. The lowest BCUT2D eigenvalue weighted by atomic mass is 9.93. The van der Waals surface area contributed by atoms with Crippen molar-refractivity contribution in [1.29, 1.82) is 0 Å². The van der Waals surface area contributed by atoms with E-state index in [2.05, 4.69) is 17.9 Å². The molecule has 1 saturated heterocycles. The monoisotopic (exact) mass is 245 g/mol. The van der Waals surface area contributed by atoms with Crippen molar-refractivity contribution in [3.8, 4) is 5.75 Å². The van der Waals surface area contributed by atoms with Crippen LogP contribution in [-0.4, -0.2) is 23.1 Å². The average molecular weight is 245 g/mol. The second-order valence-electron chi connectivity index (χ2n) is 5.81. The highest BCUT2D eigenvalue weighted by molar-refractivity contribution is 5.44. The molecule has 1 aromatic carbocycles. The minimum atomic E-state index is 0.499. The molecule has 0 spiro atoms. The summed E-state index contributed by atoms with van der Waals surface area (Å²) in [6.45, 7) is 4.79. The second kappa shape index (κ2) is 4.93. The Labute approximate surface area is 110 Å². The van der Waals surface area contributed by atoms with E-state index in [9.17, 15) is 5.11 Å². The van der Waals surface area contributed by atoms with Gasteiger partial charge in [0.25, 0.3) is 0 Å². The standard InChI is InChI=1S/C16H23NO/c1-2-12-5-4-10-17(11-12)15-9-8-14-13(15)6-3-7-16(14)18/h3,6-7,12,15,18H,2,4-5,8-11H2,1H3. The second-order valence-corrected chi connectivity index (χ2v) is 5.81. The van der Waals surface area contributed by atoms with Crippen LogP contribution < -0.4 is 0 Å². The van der Waals surface area contributed by atoms with E-state index >= 15 is 0 Å². The van der Waals surface area contributed by atoms with Crippen molar-refractivity contribution in [1.82, 2.24) is 4.90 Å². The molecule has 1 aromatic rings. The number of fused-ring (bicyclic) bond motifs is 1. The Morgan fingerprint density at radius 2 is 2.22 bits per heavy atom. The molecule has 2 aliphatic rings. The Morgan fingerprint density at radius 3 is 3.06 bits per heavy atom. The predicted octanol–water partition coefficient (Wildman–Crippen LogP) is 3.50. The lowest BCUT2D eigenvalue weighted by Crippen LogP contribution is -2.37. The quantitative estimate of drug-likeness (QED) is 0.862. The number of hydrogen-bond donors (Lipinski definition) is 1. The molecular weight excluding hydrogens is 222 g/mol. The Morgan fingerprint density at radius 1 is 1.33 bits per heavy atom.